The minimum absolute atomic E-state index is 0.0196. The van der Waals surface area contributed by atoms with Gasteiger partial charge < -0.3 is 19.4 Å². The number of halogens is 3. The lowest BCUT2D eigenvalue weighted by Gasteiger charge is -2.35. The van der Waals surface area contributed by atoms with Crippen LogP contribution in [0.4, 0.5) is 14.6 Å². The predicted molar refractivity (Wildman–Crippen MR) is 193 cm³/mol. The van der Waals surface area contributed by atoms with Gasteiger partial charge in [0.2, 0.25) is 5.91 Å². The molecule has 0 bridgehead atoms. The van der Waals surface area contributed by atoms with Crippen molar-refractivity contribution in [3.8, 4) is 23.3 Å². The molecule has 3 atom stereocenters. The molecule has 4 fully saturated rings. The van der Waals surface area contributed by atoms with E-state index in [0.717, 1.165) is 31.4 Å². The molecule has 0 radical (unpaired) electrons. The van der Waals surface area contributed by atoms with Crippen LogP contribution in [0.15, 0.2) is 36.5 Å². The number of piperazine rings is 1. The Morgan fingerprint density at radius 2 is 1.88 bits per heavy atom. The second-order valence-corrected chi connectivity index (χ2v) is 13.8. The van der Waals surface area contributed by atoms with Gasteiger partial charge in [-0.15, -0.1) is 0 Å². The number of hydrogen-bond donors (Lipinski definition) is 0. The molecule has 2 aromatic heterocycles. The first-order valence-electron chi connectivity index (χ1n) is 17.3. The topological polar surface area (TPSA) is 102 Å². The van der Waals surface area contributed by atoms with E-state index in [1.54, 1.807) is 18.3 Å². The number of fused-ring (bicyclic) bond motifs is 2. The molecular weight excluding hydrogens is 662 g/mol. The first-order valence-corrected chi connectivity index (χ1v) is 17.7. The second-order valence-electron chi connectivity index (χ2n) is 13.4. The summed E-state index contributed by atoms with van der Waals surface area (Å²) in [6, 6.07) is 8.12. The number of carbonyl (C=O) groups is 1. The minimum Gasteiger partial charge on any atom is -0.467 e. The number of pyridine rings is 1. The summed E-state index contributed by atoms with van der Waals surface area (Å²) in [4.78, 5) is 34.3. The number of amides is 1. The van der Waals surface area contributed by atoms with Crippen molar-refractivity contribution in [1.82, 2.24) is 29.7 Å². The van der Waals surface area contributed by atoms with Crippen LogP contribution in [-0.2, 0) is 4.79 Å². The van der Waals surface area contributed by atoms with Gasteiger partial charge in [-0.25, -0.2) is 8.78 Å². The Hall–Kier alpha value is -3.92. The summed E-state index contributed by atoms with van der Waals surface area (Å²) in [6.07, 6.45) is 10.0. The van der Waals surface area contributed by atoms with Crippen LogP contribution >= 0.6 is 11.6 Å². The molecule has 0 N–H and O–H groups in total. The number of alkyl halides is 1. The molecule has 1 aromatic carbocycles. The van der Waals surface area contributed by atoms with Crippen molar-refractivity contribution in [2.24, 2.45) is 0 Å². The monoisotopic (exact) mass is 708 g/mol. The first-order chi connectivity index (χ1) is 24.1. The largest absolute Gasteiger partial charge is 0.467 e. The van der Waals surface area contributed by atoms with E-state index >= 15 is 4.39 Å². The van der Waals surface area contributed by atoms with Gasteiger partial charge in [0.25, 0.3) is 0 Å². The van der Waals surface area contributed by atoms with Crippen LogP contribution in [-0.4, -0.2) is 114 Å². The van der Waals surface area contributed by atoms with E-state index in [2.05, 4.69) is 19.9 Å². The van der Waals surface area contributed by atoms with Crippen molar-refractivity contribution in [1.29, 1.82) is 5.26 Å². The number of methoxy groups -OCH3 is 1. The smallest absolute Gasteiger partial charge is 0.318 e. The van der Waals surface area contributed by atoms with Gasteiger partial charge in [-0.05, 0) is 77.2 Å². The third-order valence-electron chi connectivity index (χ3n) is 9.80. The highest BCUT2D eigenvalue weighted by molar-refractivity contribution is 6.32. The molecule has 10 nitrogen and oxygen atoms in total. The lowest BCUT2D eigenvalue weighted by atomic mass is 9.99. The summed E-state index contributed by atoms with van der Waals surface area (Å²) < 4.78 is 34.0. The highest BCUT2D eigenvalue weighted by Crippen LogP contribution is 2.48. The molecule has 50 heavy (non-hydrogen) atoms. The third kappa shape index (κ3) is 8.68. The molecule has 3 unspecified atom stereocenters. The summed E-state index contributed by atoms with van der Waals surface area (Å²) in [5, 5.41) is 8.45. The molecule has 13 heteroatoms. The van der Waals surface area contributed by atoms with Crippen molar-refractivity contribution in [3.63, 3.8) is 0 Å². The Morgan fingerprint density at radius 3 is 2.52 bits per heavy atom. The van der Waals surface area contributed by atoms with Gasteiger partial charge in [0.1, 0.15) is 23.2 Å². The van der Waals surface area contributed by atoms with Gasteiger partial charge in [-0.2, -0.15) is 15.2 Å². The molecule has 5 heterocycles. The standard InChI is InChI=1S/C28H32ClFN6O2.C7H12FN.C2H3N/c1-17(34(2)3)8-11-22(37)35-12-14-36(15-13-35)27-20-16-31-25(24(30)26(20)32-28(33-27)38-4)19-6-5-7-21(29)23(19)18-9-10-18;8-6-4-7-2-1-3-9(7)5-6;1-2-3/h5-8,11,16-18H,9-10,12-15H2,1-4H3;6-7H,1-5H2;1H3/b11-8+;;. The SMILES string of the molecule is CC#N.COc1nc(N2CCN(C(=O)/C=C/C(C)N(C)C)CC2)c2cnc(-c3cccc(Cl)c3C3CC3)c(F)c2n1.FC1CC2CCCN2C1. The maximum Gasteiger partial charge on any atom is 0.318 e. The van der Waals surface area contributed by atoms with Crippen LogP contribution in [0.5, 0.6) is 6.01 Å². The molecule has 3 saturated heterocycles. The molecule has 4 aliphatic rings. The fourth-order valence-electron chi connectivity index (χ4n) is 6.74. The van der Waals surface area contributed by atoms with Gasteiger partial charge in [0, 0.05) is 74.6 Å². The number of hydrogen-bond acceptors (Lipinski definition) is 9. The van der Waals surface area contributed by atoms with E-state index in [0.29, 0.717) is 66.5 Å². The molecular formula is C37H47ClF2N8O2. The van der Waals surface area contributed by atoms with Crippen LogP contribution in [0.1, 0.15) is 57.4 Å². The molecule has 3 aliphatic heterocycles. The van der Waals surface area contributed by atoms with Crippen molar-refractivity contribution < 1.29 is 18.3 Å². The summed E-state index contributed by atoms with van der Waals surface area (Å²) in [5.41, 5.74) is 2.01. The first kappa shape index (κ1) is 37.3. The highest BCUT2D eigenvalue weighted by atomic mass is 35.5. The molecule has 7 rings (SSSR count). The molecule has 0 spiro atoms. The quantitative estimate of drug-likeness (QED) is 0.264. The summed E-state index contributed by atoms with van der Waals surface area (Å²) in [7, 11) is 5.41. The van der Waals surface area contributed by atoms with Crippen molar-refractivity contribution in [2.45, 2.75) is 70.1 Å². The number of aromatic nitrogens is 3. The summed E-state index contributed by atoms with van der Waals surface area (Å²) in [5.74, 6) is 0.324. The number of rotatable bonds is 7. The zero-order valence-corrected chi connectivity index (χ0v) is 30.3. The van der Waals surface area contributed by atoms with Crippen LogP contribution in [0.2, 0.25) is 5.02 Å². The summed E-state index contributed by atoms with van der Waals surface area (Å²) in [6.45, 7) is 7.45. The second kappa shape index (κ2) is 16.9. The van der Waals surface area contributed by atoms with Gasteiger partial charge in [-0.3, -0.25) is 14.7 Å². The minimum atomic E-state index is -0.525. The summed E-state index contributed by atoms with van der Waals surface area (Å²) >= 11 is 6.51. The average Bonchev–Trinajstić information content (AvgIpc) is 3.75. The van der Waals surface area contributed by atoms with Crippen molar-refractivity contribution in [3.05, 3.63) is 53.0 Å². The fraction of sp³-hybridized carbons (Fsp3) is 0.541. The Bertz CT molecular complexity index is 1710. The number of anilines is 1. The maximum atomic E-state index is 16.1. The Kier molecular flexibility index (Phi) is 12.6. The maximum absolute atomic E-state index is 16.1. The molecule has 268 valence electrons. The normalized spacial score (nSPS) is 21.0. The zero-order valence-electron chi connectivity index (χ0n) is 29.6. The predicted octanol–water partition coefficient (Wildman–Crippen LogP) is 6.25. The third-order valence-corrected chi connectivity index (χ3v) is 10.1. The highest BCUT2D eigenvalue weighted by Gasteiger charge is 2.35. The molecule has 1 saturated carbocycles. The van der Waals surface area contributed by atoms with Crippen LogP contribution < -0.4 is 9.64 Å². The van der Waals surface area contributed by atoms with Crippen LogP contribution in [0, 0.1) is 17.1 Å². The van der Waals surface area contributed by atoms with E-state index in [1.807, 2.05) is 60.0 Å². The Morgan fingerprint density at radius 1 is 1.16 bits per heavy atom. The van der Waals surface area contributed by atoms with E-state index in [1.165, 1.54) is 26.9 Å². The van der Waals surface area contributed by atoms with E-state index in [4.69, 9.17) is 21.6 Å². The van der Waals surface area contributed by atoms with Crippen LogP contribution in [0.25, 0.3) is 22.2 Å². The van der Waals surface area contributed by atoms with Crippen LogP contribution in [0.3, 0.4) is 0 Å². The lowest BCUT2D eigenvalue weighted by molar-refractivity contribution is -0.126. The number of ether oxygens (including phenoxy) is 1. The van der Waals surface area contributed by atoms with E-state index < -0.39 is 12.0 Å². The molecule has 3 aromatic rings. The van der Waals surface area contributed by atoms with Gasteiger partial charge in [0.15, 0.2) is 5.82 Å². The van der Waals surface area contributed by atoms with Crippen molar-refractivity contribution in [2.75, 3.05) is 65.4 Å². The van der Waals surface area contributed by atoms with E-state index in [-0.39, 0.29) is 29.2 Å². The number of carbonyl (C=O) groups excluding carboxylic acids is 1. The fourth-order valence-corrected chi connectivity index (χ4v) is 7.07. The molecule has 1 amide bonds. The van der Waals surface area contributed by atoms with Gasteiger partial charge in [0.05, 0.1) is 18.6 Å². The Labute approximate surface area is 298 Å². The number of benzene rings is 1. The number of likely N-dealkylation sites (N-methyl/N-ethyl adjacent to an activating group) is 1. The van der Waals surface area contributed by atoms with Crippen molar-refractivity contribution >= 4 is 34.2 Å². The zero-order chi connectivity index (χ0) is 35.9. The average molecular weight is 709 g/mol. The number of nitriles is 1. The van der Waals surface area contributed by atoms with Gasteiger partial charge >= 0.3 is 6.01 Å². The molecule has 1 aliphatic carbocycles. The lowest BCUT2D eigenvalue weighted by Crippen LogP contribution is -2.48. The Balaban J connectivity index is 0.000000341. The van der Waals surface area contributed by atoms with Gasteiger partial charge in [-0.1, -0.05) is 29.8 Å². The van der Waals surface area contributed by atoms with E-state index in [9.17, 15) is 9.18 Å². The number of nitrogens with zero attached hydrogens (tertiary/aromatic N) is 8.